The molecule has 1 aromatic heterocycles. The number of carbonyl (C=O) groups excluding carboxylic acids is 1. The fraction of sp³-hybridized carbons (Fsp3) is 0.500. The second-order valence-electron chi connectivity index (χ2n) is 3.87. The summed E-state index contributed by atoms with van der Waals surface area (Å²) in [4.78, 5) is 19.3. The third-order valence-electron chi connectivity index (χ3n) is 2.07. The molecule has 1 N–H and O–H groups in total. The van der Waals surface area contributed by atoms with E-state index in [2.05, 4.69) is 15.3 Å². The van der Waals surface area contributed by atoms with Gasteiger partial charge in [-0.2, -0.15) is 0 Å². The summed E-state index contributed by atoms with van der Waals surface area (Å²) in [5.41, 5.74) is -0.221. The van der Waals surface area contributed by atoms with Crippen LogP contribution in [-0.4, -0.2) is 35.1 Å². The lowest BCUT2D eigenvalue weighted by atomic mass is 10.1. The van der Waals surface area contributed by atoms with Crippen LogP contribution in [0.1, 0.15) is 24.3 Å². The highest BCUT2D eigenvalue weighted by Gasteiger charge is 2.18. The zero-order valence-corrected chi connectivity index (χ0v) is 10.2. The van der Waals surface area contributed by atoms with E-state index in [0.29, 0.717) is 6.54 Å². The van der Waals surface area contributed by atoms with Gasteiger partial charge in [0.05, 0.1) is 18.0 Å². The maximum atomic E-state index is 11.6. The number of carbonyl (C=O) groups is 1. The van der Waals surface area contributed by atoms with Gasteiger partial charge in [0.1, 0.15) is 10.8 Å². The molecule has 1 aromatic rings. The van der Waals surface area contributed by atoms with Gasteiger partial charge in [0.2, 0.25) is 0 Å². The number of methoxy groups -OCH3 is 1. The van der Waals surface area contributed by atoms with Gasteiger partial charge in [0, 0.05) is 13.7 Å². The van der Waals surface area contributed by atoms with E-state index in [1.807, 2.05) is 13.8 Å². The summed E-state index contributed by atoms with van der Waals surface area (Å²) in [6.45, 7) is 4.13. The first-order valence-corrected chi connectivity index (χ1v) is 5.13. The van der Waals surface area contributed by atoms with Crippen LogP contribution in [0.2, 0.25) is 5.15 Å². The van der Waals surface area contributed by atoms with Crippen molar-refractivity contribution in [3.05, 3.63) is 23.2 Å². The fourth-order valence-electron chi connectivity index (χ4n) is 0.907. The van der Waals surface area contributed by atoms with Gasteiger partial charge >= 0.3 is 0 Å². The van der Waals surface area contributed by atoms with Crippen molar-refractivity contribution in [1.82, 2.24) is 15.3 Å². The number of aromatic nitrogens is 2. The second-order valence-corrected chi connectivity index (χ2v) is 4.26. The van der Waals surface area contributed by atoms with E-state index in [0.717, 1.165) is 0 Å². The van der Waals surface area contributed by atoms with Crippen molar-refractivity contribution in [3.63, 3.8) is 0 Å². The highest BCUT2D eigenvalue weighted by molar-refractivity contribution is 6.29. The Hall–Kier alpha value is -1.20. The minimum absolute atomic E-state index is 0.193. The van der Waals surface area contributed by atoms with Gasteiger partial charge in [-0.05, 0) is 13.8 Å². The van der Waals surface area contributed by atoms with E-state index in [4.69, 9.17) is 16.3 Å². The van der Waals surface area contributed by atoms with Crippen LogP contribution in [0.4, 0.5) is 0 Å². The average molecular weight is 244 g/mol. The lowest BCUT2D eigenvalue weighted by Crippen LogP contribution is -2.40. The average Bonchev–Trinajstić information content (AvgIpc) is 2.26. The van der Waals surface area contributed by atoms with E-state index in [1.165, 1.54) is 12.4 Å². The molecule has 0 unspecified atom stereocenters. The van der Waals surface area contributed by atoms with Gasteiger partial charge in [-0.15, -0.1) is 0 Å². The summed E-state index contributed by atoms with van der Waals surface area (Å²) in [7, 11) is 1.59. The van der Waals surface area contributed by atoms with Gasteiger partial charge in [0.25, 0.3) is 5.91 Å². The molecular formula is C10H14ClN3O2. The number of nitrogens with zero attached hydrogens (tertiary/aromatic N) is 2. The van der Waals surface area contributed by atoms with Crippen molar-refractivity contribution in [2.24, 2.45) is 0 Å². The lowest BCUT2D eigenvalue weighted by molar-refractivity contribution is 0.0228. The number of halogens is 1. The normalized spacial score (nSPS) is 11.2. The van der Waals surface area contributed by atoms with Crippen LogP contribution in [0, 0.1) is 0 Å². The van der Waals surface area contributed by atoms with Crippen molar-refractivity contribution >= 4 is 17.5 Å². The summed E-state index contributed by atoms with van der Waals surface area (Å²) >= 11 is 5.63. The third kappa shape index (κ3) is 3.75. The smallest absolute Gasteiger partial charge is 0.271 e. The molecule has 0 spiro atoms. The topological polar surface area (TPSA) is 64.1 Å². The molecule has 0 bridgehead atoms. The standard InChI is InChI=1S/C10H14ClN3O2/c1-10(2,16-3)6-13-9(15)7-4-12-5-8(11)14-7/h4-5H,6H2,1-3H3,(H,13,15). The molecule has 0 fully saturated rings. The molecule has 1 amide bonds. The highest BCUT2D eigenvalue weighted by atomic mass is 35.5. The number of hydrogen-bond acceptors (Lipinski definition) is 4. The first-order chi connectivity index (χ1) is 7.44. The monoisotopic (exact) mass is 243 g/mol. The van der Waals surface area contributed by atoms with Crippen LogP contribution in [0.3, 0.4) is 0 Å². The Bertz CT molecular complexity index is 382. The Kier molecular flexibility index (Phi) is 4.20. The quantitative estimate of drug-likeness (QED) is 0.866. The summed E-state index contributed by atoms with van der Waals surface area (Å²) in [6, 6.07) is 0. The SMILES string of the molecule is COC(C)(C)CNC(=O)c1cncc(Cl)n1. The Labute approximate surface area is 99.2 Å². The first kappa shape index (κ1) is 12.9. The molecule has 16 heavy (non-hydrogen) atoms. The lowest BCUT2D eigenvalue weighted by Gasteiger charge is -2.22. The van der Waals surface area contributed by atoms with E-state index < -0.39 is 5.60 Å². The van der Waals surface area contributed by atoms with Crippen LogP contribution in [0.5, 0.6) is 0 Å². The summed E-state index contributed by atoms with van der Waals surface area (Å²) < 4.78 is 5.17. The minimum Gasteiger partial charge on any atom is -0.377 e. The maximum Gasteiger partial charge on any atom is 0.271 e. The zero-order chi connectivity index (χ0) is 12.2. The number of nitrogens with one attached hydrogen (secondary N) is 1. The van der Waals surface area contributed by atoms with Crippen LogP contribution in [0.25, 0.3) is 0 Å². The van der Waals surface area contributed by atoms with Gasteiger partial charge in [-0.1, -0.05) is 11.6 Å². The molecule has 0 saturated heterocycles. The van der Waals surface area contributed by atoms with Gasteiger partial charge in [-0.25, -0.2) is 4.98 Å². The molecule has 88 valence electrons. The molecule has 0 atom stereocenters. The van der Waals surface area contributed by atoms with Crippen LogP contribution < -0.4 is 5.32 Å². The maximum absolute atomic E-state index is 11.6. The summed E-state index contributed by atoms with van der Waals surface area (Å²) in [5, 5.41) is 2.89. The highest BCUT2D eigenvalue weighted by Crippen LogP contribution is 2.06. The van der Waals surface area contributed by atoms with Crippen LogP contribution in [0.15, 0.2) is 12.4 Å². The first-order valence-electron chi connectivity index (χ1n) is 4.75. The van der Waals surface area contributed by atoms with Crippen molar-refractivity contribution in [2.75, 3.05) is 13.7 Å². The predicted molar refractivity (Wildman–Crippen MR) is 60.5 cm³/mol. The van der Waals surface area contributed by atoms with Gasteiger partial charge < -0.3 is 10.1 Å². The van der Waals surface area contributed by atoms with Gasteiger partial charge in [0.15, 0.2) is 0 Å². The molecule has 0 aliphatic heterocycles. The minimum atomic E-state index is -0.415. The van der Waals surface area contributed by atoms with Gasteiger partial charge in [-0.3, -0.25) is 9.78 Å². The van der Waals surface area contributed by atoms with Crippen LogP contribution >= 0.6 is 11.6 Å². The number of ether oxygens (including phenoxy) is 1. The van der Waals surface area contributed by atoms with Crippen molar-refractivity contribution in [2.45, 2.75) is 19.4 Å². The fourth-order valence-corrected chi connectivity index (χ4v) is 1.05. The number of rotatable bonds is 4. The Morgan fingerprint density at radius 1 is 1.56 bits per heavy atom. The van der Waals surface area contributed by atoms with E-state index >= 15 is 0 Å². The molecule has 0 aliphatic carbocycles. The van der Waals surface area contributed by atoms with Crippen LogP contribution in [-0.2, 0) is 4.74 Å². The molecule has 0 radical (unpaired) electrons. The number of amides is 1. The zero-order valence-electron chi connectivity index (χ0n) is 9.45. The predicted octanol–water partition coefficient (Wildman–Crippen LogP) is 1.28. The summed E-state index contributed by atoms with van der Waals surface area (Å²) in [6.07, 6.45) is 2.73. The van der Waals surface area contributed by atoms with Crippen molar-refractivity contribution < 1.29 is 9.53 Å². The van der Waals surface area contributed by atoms with E-state index in [9.17, 15) is 4.79 Å². The van der Waals surface area contributed by atoms with Crippen molar-refractivity contribution in [3.8, 4) is 0 Å². The Morgan fingerprint density at radius 2 is 2.25 bits per heavy atom. The molecule has 1 heterocycles. The molecule has 5 nitrogen and oxygen atoms in total. The molecule has 0 saturated carbocycles. The molecule has 6 heteroatoms. The Balaban J connectivity index is 2.60. The third-order valence-corrected chi connectivity index (χ3v) is 2.25. The second kappa shape index (κ2) is 5.23. The van der Waals surface area contributed by atoms with E-state index in [-0.39, 0.29) is 16.8 Å². The number of hydrogen-bond donors (Lipinski definition) is 1. The van der Waals surface area contributed by atoms with Crippen molar-refractivity contribution in [1.29, 1.82) is 0 Å². The molecule has 1 rings (SSSR count). The molecule has 0 aromatic carbocycles. The molecular weight excluding hydrogens is 230 g/mol. The largest absolute Gasteiger partial charge is 0.377 e. The van der Waals surface area contributed by atoms with E-state index in [1.54, 1.807) is 7.11 Å². The molecule has 0 aliphatic rings. The summed E-state index contributed by atoms with van der Waals surface area (Å²) in [5.74, 6) is -0.319. The Morgan fingerprint density at radius 3 is 2.81 bits per heavy atom.